The minimum Gasteiger partial charge on any atom is -0.744 e. The van der Waals surface area contributed by atoms with Gasteiger partial charge in [-0.15, -0.1) is 0 Å². The van der Waals surface area contributed by atoms with Gasteiger partial charge in [-0.25, -0.2) is 13.0 Å². The van der Waals surface area contributed by atoms with Gasteiger partial charge in [0.15, 0.2) is 12.4 Å². The molecule has 0 spiro atoms. The highest BCUT2D eigenvalue weighted by atomic mass is 32.2. The number of amides is 1. The van der Waals surface area contributed by atoms with Gasteiger partial charge >= 0.3 is 0 Å². The maximum Gasteiger partial charge on any atom is 0.291 e. The van der Waals surface area contributed by atoms with Crippen LogP contribution in [0, 0.1) is 6.92 Å². The maximum atomic E-state index is 11.0. The molecule has 0 aliphatic carbocycles. The first kappa shape index (κ1) is 19.5. The Morgan fingerprint density at radius 1 is 1.12 bits per heavy atom. The number of carbonyl (C=O) groups excluding carboxylic acids is 2. The Kier molecular flexibility index (Phi) is 6.75. The van der Waals surface area contributed by atoms with E-state index in [9.17, 15) is 22.6 Å². The molecule has 0 radical (unpaired) electrons. The number of ketones is 1. The van der Waals surface area contributed by atoms with Crippen LogP contribution in [0.5, 0.6) is 0 Å². The maximum absolute atomic E-state index is 11.0. The largest absolute Gasteiger partial charge is 0.744 e. The van der Waals surface area contributed by atoms with Crippen molar-refractivity contribution in [2.75, 3.05) is 5.32 Å². The van der Waals surface area contributed by atoms with E-state index >= 15 is 0 Å². The van der Waals surface area contributed by atoms with Crippen molar-refractivity contribution in [1.82, 2.24) is 0 Å². The first-order valence-corrected chi connectivity index (χ1v) is 8.30. The van der Waals surface area contributed by atoms with Crippen LogP contribution in [0.1, 0.15) is 12.5 Å². The van der Waals surface area contributed by atoms with Gasteiger partial charge in [0.05, 0.1) is 4.90 Å². The van der Waals surface area contributed by atoms with E-state index in [0.717, 1.165) is 5.56 Å². The lowest BCUT2D eigenvalue weighted by molar-refractivity contribution is -0.670. The molecule has 0 unspecified atom stereocenters. The average molecular weight is 350 g/mol. The van der Waals surface area contributed by atoms with Gasteiger partial charge in [-0.3, -0.25) is 9.59 Å². The van der Waals surface area contributed by atoms with Crippen molar-refractivity contribution in [3.63, 3.8) is 0 Å². The molecule has 128 valence electrons. The molecule has 0 saturated carbocycles. The monoisotopic (exact) mass is 350 g/mol. The van der Waals surface area contributed by atoms with Gasteiger partial charge in [-0.2, -0.15) is 0 Å². The lowest BCUT2D eigenvalue weighted by atomic mass is 10.2. The van der Waals surface area contributed by atoms with Crippen molar-refractivity contribution >= 4 is 27.5 Å². The van der Waals surface area contributed by atoms with Crippen molar-refractivity contribution < 1.29 is 27.1 Å². The Morgan fingerprint density at radius 3 is 2.17 bits per heavy atom. The Hall–Kier alpha value is -2.58. The van der Waals surface area contributed by atoms with Crippen LogP contribution in [0.15, 0.2) is 53.7 Å². The Balaban J connectivity index is 0.000000243. The molecule has 1 N–H and O–H groups in total. The summed E-state index contributed by atoms with van der Waals surface area (Å²) in [5.41, 5.74) is 1.54. The van der Waals surface area contributed by atoms with E-state index < -0.39 is 21.8 Å². The molecule has 0 aliphatic heterocycles. The van der Waals surface area contributed by atoms with E-state index in [2.05, 4.69) is 5.32 Å². The van der Waals surface area contributed by atoms with Crippen LogP contribution in [-0.4, -0.2) is 24.7 Å². The third kappa shape index (κ3) is 6.67. The molecule has 2 aromatic rings. The fourth-order valence-corrected chi connectivity index (χ4v) is 2.06. The third-order valence-corrected chi connectivity index (χ3v) is 3.68. The summed E-state index contributed by atoms with van der Waals surface area (Å²) < 4.78 is 33.0. The predicted octanol–water partition coefficient (Wildman–Crippen LogP) is 0.938. The third-order valence-electron chi connectivity index (χ3n) is 2.83. The predicted molar refractivity (Wildman–Crippen MR) is 86.1 cm³/mol. The number of Topliss-reactive ketones (excluding diaryl/α,β-unsaturated/α-hetero) is 1. The molecule has 7 nitrogen and oxygen atoms in total. The summed E-state index contributed by atoms with van der Waals surface area (Å²) in [6, 6.07) is 9.29. The zero-order valence-corrected chi connectivity index (χ0v) is 14.3. The van der Waals surface area contributed by atoms with Crippen molar-refractivity contribution in [2.45, 2.75) is 18.7 Å². The number of hydrogen-bond donors (Lipinski definition) is 1. The van der Waals surface area contributed by atoms with Crippen LogP contribution in [-0.2, 0) is 26.8 Å². The first-order chi connectivity index (χ1) is 11.1. The molecule has 1 aromatic carbocycles. The summed E-state index contributed by atoms with van der Waals surface area (Å²) in [6.45, 7) is 3.06. The number of hydrogen-bond acceptors (Lipinski definition) is 5. The highest BCUT2D eigenvalue weighted by Crippen LogP contribution is 2.08. The quantitative estimate of drug-likeness (QED) is 0.503. The minimum absolute atomic E-state index is 0.178. The van der Waals surface area contributed by atoms with E-state index in [1.807, 2.05) is 20.2 Å². The number of rotatable bonds is 3. The Morgan fingerprint density at radius 2 is 1.71 bits per heavy atom. The lowest BCUT2D eigenvalue weighted by Crippen LogP contribution is -2.28. The zero-order valence-electron chi connectivity index (χ0n) is 13.5. The second kappa shape index (κ2) is 8.32. The van der Waals surface area contributed by atoms with Gasteiger partial charge in [-0.05, 0) is 25.1 Å². The second-order valence-electron chi connectivity index (χ2n) is 5.04. The van der Waals surface area contributed by atoms with Crippen molar-refractivity contribution in [2.24, 2.45) is 7.05 Å². The molecule has 0 saturated heterocycles. The number of aryl methyl sites for hydroxylation is 2. The van der Waals surface area contributed by atoms with Crippen LogP contribution in [0.3, 0.4) is 0 Å². The summed E-state index contributed by atoms with van der Waals surface area (Å²) in [7, 11) is -2.43. The molecule has 1 heterocycles. The van der Waals surface area contributed by atoms with Crippen molar-refractivity contribution in [1.29, 1.82) is 0 Å². The van der Waals surface area contributed by atoms with Crippen LogP contribution < -0.4 is 9.88 Å². The molecular weight excluding hydrogens is 332 g/mol. The van der Waals surface area contributed by atoms with E-state index in [1.165, 1.54) is 19.1 Å². The normalized spacial score (nSPS) is 10.3. The molecule has 24 heavy (non-hydrogen) atoms. The standard InChI is InChI=1S/C9H10N2O2.C7H8O3S/c1-7(12)9(13)10-8-4-3-5-11(2)6-8;1-6-2-4-7(5-3-6)11(8,9)10/h3-6H,1-2H3;2-5H,1H3,(H,8,9,10). The summed E-state index contributed by atoms with van der Waals surface area (Å²) in [4.78, 5) is 21.4. The number of anilines is 1. The zero-order chi connectivity index (χ0) is 18.3. The summed E-state index contributed by atoms with van der Waals surface area (Å²) in [6.07, 6.45) is 3.56. The average Bonchev–Trinajstić information content (AvgIpc) is 2.47. The second-order valence-corrected chi connectivity index (χ2v) is 6.42. The van der Waals surface area contributed by atoms with Gasteiger partial charge in [0, 0.05) is 13.0 Å². The van der Waals surface area contributed by atoms with Crippen LogP contribution >= 0.6 is 0 Å². The highest BCUT2D eigenvalue weighted by Gasteiger charge is 2.08. The Labute approximate surface area is 140 Å². The first-order valence-electron chi connectivity index (χ1n) is 6.89. The molecular formula is C16H18N2O5S. The SMILES string of the molecule is CC(=O)C(=O)Nc1ccc[n+](C)c1.Cc1ccc(S(=O)(=O)[O-])cc1. The molecule has 1 aromatic heterocycles. The van der Waals surface area contributed by atoms with Gasteiger partial charge in [0.2, 0.25) is 5.78 Å². The fraction of sp³-hybridized carbons (Fsp3) is 0.188. The van der Waals surface area contributed by atoms with Gasteiger partial charge in [-0.1, -0.05) is 17.7 Å². The number of nitrogens with zero attached hydrogens (tertiary/aromatic N) is 1. The Bertz CT molecular complexity index is 830. The van der Waals surface area contributed by atoms with Gasteiger partial charge in [0.25, 0.3) is 5.91 Å². The van der Waals surface area contributed by atoms with Crippen molar-refractivity contribution in [3.05, 3.63) is 54.4 Å². The van der Waals surface area contributed by atoms with Gasteiger partial charge < -0.3 is 9.87 Å². The number of pyridine rings is 1. The molecule has 0 bridgehead atoms. The minimum atomic E-state index is -4.27. The fourth-order valence-electron chi connectivity index (χ4n) is 1.59. The van der Waals surface area contributed by atoms with E-state index in [4.69, 9.17) is 0 Å². The van der Waals surface area contributed by atoms with E-state index in [0.29, 0.717) is 5.69 Å². The molecule has 1 amide bonds. The molecule has 0 atom stereocenters. The summed E-state index contributed by atoms with van der Waals surface area (Å²) in [5.74, 6) is -1.09. The van der Waals surface area contributed by atoms with Crippen LogP contribution in [0.2, 0.25) is 0 Å². The number of carbonyl (C=O) groups is 2. The molecule has 8 heteroatoms. The van der Waals surface area contributed by atoms with Crippen LogP contribution in [0.4, 0.5) is 5.69 Å². The smallest absolute Gasteiger partial charge is 0.291 e. The number of benzene rings is 1. The highest BCUT2D eigenvalue weighted by molar-refractivity contribution is 7.85. The molecule has 0 aliphatic rings. The summed E-state index contributed by atoms with van der Waals surface area (Å²) in [5, 5.41) is 2.47. The summed E-state index contributed by atoms with van der Waals surface area (Å²) >= 11 is 0. The topological polar surface area (TPSA) is 107 Å². The van der Waals surface area contributed by atoms with Gasteiger partial charge in [0.1, 0.15) is 22.9 Å². The van der Waals surface area contributed by atoms with E-state index in [-0.39, 0.29) is 4.90 Å². The van der Waals surface area contributed by atoms with E-state index in [1.54, 1.807) is 35.0 Å². The van der Waals surface area contributed by atoms with Crippen LogP contribution in [0.25, 0.3) is 0 Å². The molecule has 0 fully saturated rings. The molecule has 2 rings (SSSR count). The lowest BCUT2D eigenvalue weighted by Gasteiger charge is -2.05. The number of nitrogens with one attached hydrogen (secondary N) is 1. The number of aromatic nitrogens is 1. The van der Waals surface area contributed by atoms with Crippen molar-refractivity contribution in [3.8, 4) is 0 Å².